The van der Waals surface area contributed by atoms with Crippen molar-refractivity contribution in [3.8, 4) is 0 Å². The molecule has 1 aromatic rings. The third-order valence-corrected chi connectivity index (χ3v) is 3.39. The monoisotopic (exact) mass is 298 g/mol. The molecule has 0 aromatic heterocycles. The third kappa shape index (κ3) is 5.09. The van der Waals surface area contributed by atoms with Crippen LogP contribution in [0.15, 0.2) is 22.7 Å². The predicted molar refractivity (Wildman–Crippen MR) is 79.6 cm³/mol. The highest BCUT2D eigenvalue weighted by atomic mass is 79.9. The number of aryl methyl sites for hydroxylation is 1. The average molecular weight is 299 g/mol. The van der Waals surface area contributed by atoms with Gasteiger partial charge in [0.25, 0.3) is 0 Å². The van der Waals surface area contributed by atoms with E-state index < -0.39 is 0 Å². The number of nitrogens with two attached hydrogens (primary N) is 1. The number of rotatable bonds is 5. The second-order valence-corrected chi connectivity index (χ2v) is 6.36. The summed E-state index contributed by atoms with van der Waals surface area (Å²) in [7, 11) is 2.14. The molecule has 0 fully saturated rings. The molecule has 0 aliphatic carbocycles. The summed E-state index contributed by atoms with van der Waals surface area (Å²) >= 11 is 3.52. The summed E-state index contributed by atoms with van der Waals surface area (Å²) in [6, 6.07) is 6.39. The van der Waals surface area contributed by atoms with Gasteiger partial charge in [-0.05, 0) is 51.3 Å². The molecular formula is C14H23BrN2. The maximum atomic E-state index is 5.99. The summed E-state index contributed by atoms with van der Waals surface area (Å²) < 4.78 is 1.13. The topological polar surface area (TPSA) is 29.3 Å². The van der Waals surface area contributed by atoms with Crippen LogP contribution in [0.5, 0.6) is 0 Å². The van der Waals surface area contributed by atoms with Gasteiger partial charge in [0, 0.05) is 29.3 Å². The Morgan fingerprint density at radius 2 is 2.00 bits per heavy atom. The van der Waals surface area contributed by atoms with E-state index in [0.29, 0.717) is 0 Å². The second-order valence-electron chi connectivity index (χ2n) is 5.44. The first-order valence-corrected chi connectivity index (χ1v) is 6.85. The van der Waals surface area contributed by atoms with Gasteiger partial charge in [-0.3, -0.25) is 0 Å². The van der Waals surface area contributed by atoms with Crippen molar-refractivity contribution in [2.24, 2.45) is 5.73 Å². The van der Waals surface area contributed by atoms with Gasteiger partial charge in [-0.25, -0.2) is 0 Å². The molecule has 0 aliphatic heterocycles. The van der Waals surface area contributed by atoms with Crippen LogP contribution in [0.1, 0.15) is 32.3 Å². The first-order chi connectivity index (χ1) is 7.79. The molecule has 0 heterocycles. The summed E-state index contributed by atoms with van der Waals surface area (Å²) in [6.07, 6.45) is 2.16. The minimum absolute atomic E-state index is 0.0623. The Hall–Kier alpha value is -0.540. The highest BCUT2D eigenvalue weighted by Gasteiger charge is 2.11. The molecule has 2 N–H and O–H groups in total. The predicted octanol–water partition coefficient (Wildman–Crippen LogP) is 3.71. The van der Waals surface area contributed by atoms with E-state index >= 15 is 0 Å². The molecule has 0 saturated heterocycles. The fraction of sp³-hybridized carbons (Fsp3) is 0.571. The number of halogens is 1. The quantitative estimate of drug-likeness (QED) is 0.898. The van der Waals surface area contributed by atoms with Gasteiger partial charge in [-0.15, -0.1) is 0 Å². The van der Waals surface area contributed by atoms with Gasteiger partial charge in [0.05, 0.1) is 0 Å². The highest BCUT2D eigenvalue weighted by molar-refractivity contribution is 9.10. The molecule has 0 aliphatic rings. The van der Waals surface area contributed by atoms with Gasteiger partial charge in [0.2, 0.25) is 0 Å². The number of nitrogens with zero attached hydrogens (tertiary/aromatic N) is 1. The number of hydrogen-bond acceptors (Lipinski definition) is 2. The van der Waals surface area contributed by atoms with Crippen molar-refractivity contribution >= 4 is 21.6 Å². The fourth-order valence-corrected chi connectivity index (χ4v) is 2.24. The Kier molecular flexibility index (Phi) is 5.02. The van der Waals surface area contributed by atoms with Gasteiger partial charge in [-0.1, -0.05) is 22.0 Å². The Morgan fingerprint density at radius 1 is 1.35 bits per heavy atom. The molecule has 0 unspecified atom stereocenters. The Balaban J connectivity index is 2.58. The Morgan fingerprint density at radius 3 is 2.59 bits per heavy atom. The number of anilines is 1. The zero-order valence-corrected chi connectivity index (χ0v) is 12.8. The van der Waals surface area contributed by atoms with Crippen molar-refractivity contribution < 1.29 is 0 Å². The van der Waals surface area contributed by atoms with E-state index in [4.69, 9.17) is 5.73 Å². The van der Waals surface area contributed by atoms with Crippen molar-refractivity contribution in [1.82, 2.24) is 0 Å². The first-order valence-electron chi connectivity index (χ1n) is 6.06. The van der Waals surface area contributed by atoms with Crippen LogP contribution in [-0.4, -0.2) is 19.1 Å². The van der Waals surface area contributed by atoms with E-state index in [2.05, 4.69) is 66.8 Å². The lowest BCUT2D eigenvalue weighted by Crippen LogP contribution is -2.33. The van der Waals surface area contributed by atoms with Crippen LogP contribution in [0, 0.1) is 6.92 Å². The van der Waals surface area contributed by atoms with Gasteiger partial charge < -0.3 is 10.6 Å². The molecule has 0 saturated carbocycles. The van der Waals surface area contributed by atoms with Crippen LogP contribution in [0.4, 0.5) is 5.69 Å². The largest absolute Gasteiger partial charge is 0.374 e. The van der Waals surface area contributed by atoms with Crippen LogP contribution in [-0.2, 0) is 0 Å². The second kappa shape index (κ2) is 5.87. The van der Waals surface area contributed by atoms with Crippen LogP contribution >= 0.6 is 15.9 Å². The standard InChI is InChI=1S/C14H23BrN2/c1-11-6-7-12(15)10-13(11)17(4)9-5-8-14(2,3)16/h6-7,10H,5,8-9,16H2,1-4H3. The van der Waals surface area contributed by atoms with E-state index in [1.54, 1.807) is 0 Å². The maximum absolute atomic E-state index is 5.99. The molecule has 2 nitrogen and oxygen atoms in total. The molecule has 0 radical (unpaired) electrons. The summed E-state index contributed by atoms with van der Waals surface area (Å²) in [5, 5.41) is 0. The van der Waals surface area contributed by atoms with Gasteiger partial charge in [0.15, 0.2) is 0 Å². The van der Waals surface area contributed by atoms with Crippen LogP contribution in [0.3, 0.4) is 0 Å². The number of benzene rings is 1. The molecule has 1 rings (SSSR count). The van der Waals surface area contributed by atoms with Gasteiger partial charge in [0.1, 0.15) is 0 Å². The van der Waals surface area contributed by atoms with E-state index in [-0.39, 0.29) is 5.54 Å². The number of hydrogen-bond donors (Lipinski definition) is 1. The lowest BCUT2D eigenvalue weighted by atomic mass is 10.00. The highest BCUT2D eigenvalue weighted by Crippen LogP contribution is 2.24. The molecule has 0 spiro atoms. The average Bonchev–Trinajstić information content (AvgIpc) is 2.19. The molecule has 3 heteroatoms. The first kappa shape index (κ1) is 14.5. The van der Waals surface area contributed by atoms with Crippen molar-refractivity contribution in [3.63, 3.8) is 0 Å². The molecule has 1 aromatic carbocycles. The van der Waals surface area contributed by atoms with Crippen LogP contribution < -0.4 is 10.6 Å². The summed E-state index contributed by atoms with van der Waals surface area (Å²) in [5.41, 5.74) is 8.52. The fourth-order valence-electron chi connectivity index (χ4n) is 1.89. The SMILES string of the molecule is Cc1ccc(Br)cc1N(C)CCCC(C)(C)N. The van der Waals surface area contributed by atoms with Crippen molar-refractivity contribution in [2.75, 3.05) is 18.5 Å². The minimum Gasteiger partial charge on any atom is -0.374 e. The van der Waals surface area contributed by atoms with Gasteiger partial charge >= 0.3 is 0 Å². The molecule has 0 amide bonds. The van der Waals surface area contributed by atoms with Gasteiger partial charge in [-0.2, -0.15) is 0 Å². The molecule has 96 valence electrons. The Labute approximate surface area is 113 Å². The van der Waals surface area contributed by atoms with E-state index in [9.17, 15) is 0 Å². The molecular weight excluding hydrogens is 276 g/mol. The summed E-state index contributed by atoms with van der Waals surface area (Å²) in [5.74, 6) is 0. The lowest BCUT2D eigenvalue weighted by molar-refractivity contribution is 0.460. The molecule has 0 bridgehead atoms. The lowest BCUT2D eigenvalue weighted by Gasteiger charge is -2.24. The summed E-state index contributed by atoms with van der Waals surface area (Å²) in [6.45, 7) is 7.35. The Bertz CT molecular complexity index is 369. The smallest absolute Gasteiger partial charge is 0.0404 e. The minimum atomic E-state index is -0.0623. The van der Waals surface area contributed by atoms with E-state index in [1.807, 2.05) is 0 Å². The third-order valence-electron chi connectivity index (χ3n) is 2.90. The van der Waals surface area contributed by atoms with Crippen molar-refractivity contribution in [2.45, 2.75) is 39.2 Å². The maximum Gasteiger partial charge on any atom is 0.0404 e. The normalized spacial score (nSPS) is 11.6. The zero-order chi connectivity index (χ0) is 13.1. The van der Waals surface area contributed by atoms with Crippen LogP contribution in [0.2, 0.25) is 0 Å². The van der Waals surface area contributed by atoms with Crippen molar-refractivity contribution in [1.29, 1.82) is 0 Å². The van der Waals surface area contributed by atoms with E-state index in [1.165, 1.54) is 11.3 Å². The van der Waals surface area contributed by atoms with Crippen molar-refractivity contribution in [3.05, 3.63) is 28.2 Å². The molecule has 17 heavy (non-hydrogen) atoms. The molecule has 0 atom stereocenters. The van der Waals surface area contributed by atoms with E-state index in [0.717, 1.165) is 23.9 Å². The van der Waals surface area contributed by atoms with Crippen LogP contribution in [0.25, 0.3) is 0 Å². The summed E-state index contributed by atoms with van der Waals surface area (Å²) in [4.78, 5) is 2.30. The zero-order valence-electron chi connectivity index (χ0n) is 11.3.